The van der Waals surface area contributed by atoms with Crippen molar-refractivity contribution in [3.63, 3.8) is 0 Å². The quantitative estimate of drug-likeness (QED) is 0.527. The SMILES string of the molecule is [N-]=[N+]=NCc1cn(-c2ccc(N3CCS(=N)CC3)c(F)c2)nn1. The molecule has 120 valence electrons. The summed E-state index contributed by atoms with van der Waals surface area (Å²) in [7, 11) is -0.296. The third kappa shape index (κ3) is 3.49. The molecule has 1 aliphatic heterocycles. The number of hydrogen-bond donors (Lipinski definition) is 1. The van der Waals surface area contributed by atoms with Gasteiger partial charge in [0.25, 0.3) is 0 Å². The van der Waals surface area contributed by atoms with Crippen LogP contribution in [0, 0.1) is 10.6 Å². The van der Waals surface area contributed by atoms with Crippen LogP contribution >= 0.6 is 0 Å². The summed E-state index contributed by atoms with van der Waals surface area (Å²) in [5.74, 6) is 1.25. The Morgan fingerprint density at radius 2 is 2.17 bits per heavy atom. The molecule has 10 heteroatoms. The Hall–Kier alpha value is -2.45. The highest BCUT2D eigenvalue weighted by atomic mass is 32.2. The fourth-order valence-electron chi connectivity index (χ4n) is 2.39. The summed E-state index contributed by atoms with van der Waals surface area (Å²) in [5.41, 5.74) is 9.93. The maximum Gasteiger partial charge on any atom is 0.148 e. The number of nitrogens with zero attached hydrogens (tertiary/aromatic N) is 7. The van der Waals surface area contributed by atoms with Gasteiger partial charge in [0.1, 0.15) is 5.82 Å². The average molecular weight is 334 g/mol. The standard InChI is InChI=1S/C13H15FN8S/c14-12-7-11(22-9-10(18-20-22)8-17-19-15)1-2-13(12)21-3-5-23(16)6-4-21/h1-2,7,9,16H,3-6,8H2. The van der Waals surface area contributed by atoms with Gasteiger partial charge in [0.15, 0.2) is 0 Å². The number of benzene rings is 1. The highest BCUT2D eigenvalue weighted by molar-refractivity contribution is 7.86. The van der Waals surface area contributed by atoms with Crippen molar-refractivity contribution in [2.45, 2.75) is 6.54 Å². The van der Waals surface area contributed by atoms with Crippen LogP contribution < -0.4 is 4.90 Å². The molecule has 0 radical (unpaired) electrons. The van der Waals surface area contributed by atoms with Crippen LogP contribution in [0.25, 0.3) is 16.1 Å². The molecule has 0 saturated carbocycles. The minimum Gasteiger partial charge on any atom is -0.367 e. The molecule has 1 aromatic heterocycles. The van der Waals surface area contributed by atoms with E-state index in [4.69, 9.17) is 10.3 Å². The van der Waals surface area contributed by atoms with Gasteiger partial charge in [0.05, 0.1) is 29.8 Å². The summed E-state index contributed by atoms with van der Waals surface area (Å²) in [6, 6.07) is 4.92. The Labute approximate surface area is 134 Å². The number of hydrogen-bond acceptors (Lipinski definition) is 5. The van der Waals surface area contributed by atoms with E-state index in [1.54, 1.807) is 18.3 Å². The van der Waals surface area contributed by atoms with Crippen LogP contribution in [-0.2, 0) is 17.2 Å². The number of azide groups is 1. The van der Waals surface area contributed by atoms with Gasteiger partial charge in [-0.1, -0.05) is 10.3 Å². The second kappa shape index (κ2) is 6.76. The van der Waals surface area contributed by atoms with Gasteiger partial charge in [-0.25, -0.2) is 9.07 Å². The van der Waals surface area contributed by atoms with E-state index in [2.05, 4.69) is 20.3 Å². The van der Waals surface area contributed by atoms with Crippen molar-refractivity contribution < 1.29 is 4.39 Å². The Kier molecular flexibility index (Phi) is 4.54. The zero-order chi connectivity index (χ0) is 16.2. The molecule has 2 heterocycles. The minimum absolute atomic E-state index is 0.111. The highest BCUT2D eigenvalue weighted by Crippen LogP contribution is 2.23. The van der Waals surface area contributed by atoms with Crippen molar-refractivity contribution >= 4 is 16.4 Å². The van der Waals surface area contributed by atoms with Crippen LogP contribution in [0.15, 0.2) is 29.5 Å². The van der Waals surface area contributed by atoms with E-state index in [0.29, 0.717) is 30.2 Å². The molecule has 1 saturated heterocycles. The molecule has 1 aromatic carbocycles. The summed E-state index contributed by atoms with van der Waals surface area (Å²) >= 11 is 0. The molecule has 1 aliphatic rings. The number of halogens is 1. The van der Waals surface area contributed by atoms with Gasteiger partial charge >= 0.3 is 0 Å². The Morgan fingerprint density at radius 1 is 1.39 bits per heavy atom. The third-order valence-corrected chi connectivity index (χ3v) is 4.94. The average Bonchev–Trinajstić information content (AvgIpc) is 3.03. The van der Waals surface area contributed by atoms with Gasteiger partial charge in [0, 0.05) is 35.6 Å². The molecule has 0 aliphatic carbocycles. The number of anilines is 1. The monoisotopic (exact) mass is 334 g/mol. The van der Waals surface area contributed by atoms with Crippen molar-refractivity contribution in [1.82, 2.24) is 15.0 Å². The van der Waals surface area contributed by atoms with Gasteiger partial charge in [-0.3, -0.25) is 4.78 Å². The summed E-state index contributed by atoms with van der Waals surface area (Å²) in [5, 5.41) is 11.2. The predicted octanol–water partition coefficient (Wildman–Crippen LogP) is 2.42. The molecular formula is C13H15FN8S. The lowest BCUT2D eigenvalue weighted by molar-refractivity contribution is 0.616. The largest absolute Gasteiger partial charge is 0.367 e. The fraction of sp³-hybridized carbons (Fsp3) is 0.385. The van der Waals surface area contributed by atoms with E-state index >= 15 is 0 Å². The lowest BCUT2D eigenvalue weighted by Gasteiger charge is -2.30. The Morgan fingerprint density at radius 3 is 2.87 bits per heavy atom. The summed E-state index contributed by atoms with van der Waals surface area (Å²) in [6.07, 6.45) is 1.61. The van der Waals surface area contributed by atoms with Gasteiger partial charge in [-0.05, 0) is 17.7 Å². The maximum absolute atomic E-state index is 14.4. The van der Waals surface area contributed by atoms with E-state index in [0.717, 1.165) is 11.5 Å². The number of aromatic nitrogens is 3. The van der Waals surface area contributed by atoms with Crippen LogP contribution in [0.5, 0.6) is 0 Å². The highest BCUT2D eigenvalue weighted by Gasteiger charge is 2.17. The maximum atomic E-state index is 14.4. The first kappa shape index (κ1) is 15.4. The number of nitrogens with one attached hydrogen (secondary N) is 1. The first-order valence-corrected chi connectivity index (χ1v) is 8.59. The van der Waals surface area contributed by atoms with Gasteiger partial charge in [-0.15, -0.1) is 15.8 Å². The summed E-state index contributed by atoms with van der Waals surface area (Å²) in [6.45, 7) is 1.53. The fourth-order valence-corrected chi connectivity index (χ4v) is 3.48. The molecule has 1 N–H and O–H groups in total. The molecule has 1 fully saturated rings. The third-order valence-electron chi connectivity index (χ3n) is 3.59. The van der Waals surface area contributed by atoms with Crippen LogP contribution in [0.3, 0.4) is 0 Å². The molecule has 0 spiro atoms. The molecule has 3 rings (SSSR count). The Bertz CT molecular complexity index is 772. The smallest absolute Gasteiger partial charge is 0.148 e. The van der Waals surface area contributed by atoms with E-state index in [1.807, 2.05) is 4.90 Å². The van der Waals surface area contributed by atoms with Gasteiger partial charge in [0.2, 0.25) is 0 Å². The van der Waals surface area contributed by atoms with Crippen molar-refractivity contribution in [2.24, 2.45) is 5.11 Å². The first-order valence-electron chi connectivity index (χ1n) is 7.03. The lowest BCUT2D eigenvalue weighted by Crippen LogP contribution is -2.37. The van der Waals surface area contributed by atoms with Crippen LogP contribution in [0.2, 0.25) is 0 Å². The van der Waals surface area contributed by atoms with Crippen LogP contribution in [-0.4, -0.2) is 39.6 Å². The van der Waals surface area contributed by atoms with Crippen LogP contribution in [0.4, 0.5) is 10.1 Å². The molecule has 0 bridgehead atoms. The lowest BCUT2D eigenvalue weighted by atomic mass is 10.2. The zero-order valence-corrected chi connectivity index (χ0v) is 13.1. The van der Waals surface area contributed by atoms with Crippen molar-refractivity contribution in [3.05, 3.63) is 46.3 Å². The molecule has 0 unspecified atom stereocenters. The van der Waals surface area contributed by atoms with Crippen molar-refractivity contribution in [2.75, 3.05) is 29.5 Å². The van der Waals surface area contributed by atoms with Crippen LogP contribution in [0.1, 0.15) is 5.69 Å². The van der Waals surface area contributed by atoms with E-state index < -0.39 is 0 Å². The summed E-state index contributed by atoms with van der Waals surface area (Å²) in [4.78, 5) is 4.64. The van der Waals surface area contributed by atoms with E-state index in [9.17, 15) is 4.39 Å². The van der Waals surface area contributed by atoms with E-state index in [-0.39, 0.29) is 23.1 Å². The molecule has 23 heavy (non-hydrogen) atoms. The first-order chi connectivity index (χ1) is 11.2. The predicted molar refractivity (Wildman–Crippen MR) is 86.2 cm³/mol. The van der Waals surface area contributed by atoms with Crippen molar-refractivity contribution in [1.29, 1.82) is 4.78 Å². The van der Waals surface area contributed by atoms with Gasteiger partial charge < -0.3 is 4.90 Å². The number of rotatable bonds is 4. The van der Waals surface area contributed by atoms with Crippen molar-refractivity contribution in [3.8, 4) is 5.69 Å². The molecule has 0 amide bonds. The Balaban J connectivity index is 1.80. The van der Waals surface area contributed by atoms with E-state index in [1.165, 1.54) is 10.7 Å². The summed E-state index contributed by atoms with van der Waals surface area (Å²) < 4.78 is 23.6. The molecule has 0 atom stereocenters. The molecule has 2 aromatic rings. The molecular weight excluding hydrogens is 319 g/mol. The second-order valence-corrected chi connectivity index (χ2v) is 6.87. The zero-order valence-electron chi connectivity index (χ0n) is 12.3. The second-order valence-electron chi connectivity index (χ2n) is 5.07. The molecule has 8 nitrogen and oxygen atoms in total. The normalized spacial score (nSPS) is 15.4. The minimum atomic E-state index is -0.318. The topological polar surface area (TPSA) is 107 Å². The van der Waals surface area contributed by atoms with Gasteiger partial charge in [-0.2, -0.15) is 0 Å².